The molecule has 3 heteroatoms. The Morgan fingerprint density at radius 3 is 1.81 bits per heavy atom. The van der Waals surface area contributed by atoms with Gasteiger partial charge >= 0.3 is 0 Å². The molecule has 3 heterocycles. The summed E-state index contributed by atoms with van der Waals surface area (Å²) in [4.78, 5) is 0. The molecule has 90 valence electrons. The molecular formula is C13H23N2P. The van der Waals surface area contributed by atoms with E-state index in [-0.39, 0.29) is 8.22 Å². The third kappa shape index (κ3) is 1.36. The van der Waals surface area contributed by atoms with Gasteiger partial charge in [0.1, 0.15) is 0 Å². The van der Waals surface area contributed by atoms with Gasteiger partial charge in [0.25, 0.3) is 0 Å². The molecule has 0 N–H and O–H groups in total. The summed E-state index contributed by atoms with van der Waals surface area (Å²) >= 11 is 0. The molecule has 0 radical (unpaired) electrons. The van der Waals surface area contributed by atoms with Gasteiger partial charge in [0.05, 0.1) is 0 Å². The Balaban J connectivity index is 1.63. The van der Waals surface area contributed by atoms with Gasteiger partial charge in [0.2, 0.25) is 0 Å². The first-order chi connectivity index (χ1) is 7.95. The van der Waals surface area contributed by atoms with Crippen LogP contribution in [-0.4, -0.2) is 40.2 Å². The molecule has 2 atom stereocenters. The average molecular weight is 238 g/mol. The van der Waals surface area contributed by atoms with E-state index in [9.17, 15) is 0 Å². The normalized spacial score (nSPS) is 42.0. The zero-order valence-corrected chi connectivity index (χ0v) is 11.0. The van der Waals surface area contributed by atoms with E-state index in [2.05, 4.69) is 9.34 Å². The summed E-state index contributed by atoms with van der Waals surface area (Å²) < 4.78 is 5.93. The van der Waals surface area contributed by atoms with Gasteiger partial charge in [0, 0.05) is 39.1 Å². The van der Waals surface area contributed by atoms with Crippen LogP contribution < -0.4 is 0 Å². The molecule has 4 rings (SSSR count). The van der Waals surface area contributed by atoms with Crippen molar-refractivity contribution in [1.82, 2.24) is 9.34 Å². The first-order valence-corrected chi connectivity index (χ1v) is 8.59. The number of hydrogen-bond donors (Lipinski definition) is 0. The Morgan fingerprint density at radius 2 is 1.25 bits per heavy atom. The summed E-state index contributed by atoms with van der Waals surface area (Å²) in [5, 5.41) is 0. The van der Waals surface area contributed by atoms with Gasteiger partial charge in [-0.05, 0) is 38.5 Å². The molecule has 0 spiro atoms. The van der Waals surface area contributed by atoms with Crippen molar-refractivity contribution in [2.45, 2.75) is 69.1 Å². The molecule has 2 nitrogen and oxygen atoms in total. The number of rotatable bonds is 1. The zero-order valence-electron chi connectivity index (χ0n) is 10.1. The van der Waals surface area contributed by atoms with Crippen LogP contribution in [0, 0.1) is 0 Å². The second-order valence-corrected chi connectivity index (χ2v) is 8.40. The van der Waals surface area contributed by atoms with Gasteiger partial charge in [-0.3, -0.25) is 9.34 Å². The van der Waals surface area contributed by atoms with E-state index in [1.807, 2.05) is 0 Å². The monoisotopic (exact) mass is 238 g/mol. The fourth-order valence-electron chi connectivity index (χ4n) is 4.55. The summed E-state index contributed by atoms with van der Waals surface area (Å²) in [5.74, 6) is 0. The average Bonchev–Trinajstić information content (AvgIpc) is 3.00. The highest BCUT2D eigenvalue weighted by molar-refractivity contribution is 7.53. The van der Waals surface area contributed by atoms with Crippen molar-refractivity contribution in [1.29, 1.82) is 0 Å². The highest BCUT2D eigenvalue weighted by atomic mass is 31.1. The highest BCUT2D eigenvalue weighted by Crippen LogP contribution is 2.65. The minimum Gasteiger partial charge on any atom is -0.265 e. The summed E-state index contributed by atoms with van der Waals surface area (Å²) in [7, 11) is 0.140. The maximum absolute atomic E-state index is 2.97. The Labute approximate surface area is 100 Å². The Hall–Kier alpha value is 0.350. The fourth-order valence-corrected chi connectivity index (χ4v) is 8.35. The number of fused-ring (bicyclic) bond motifs is 3. The first-order valence-electron chi connectivity index (χ1n) is 7.27. The van der Waals surface area contributed by atoms with E-state index < -0.39 is 0 Å². The van der Waals surface area contributed by atoms with Gasteiger partial charge in [-0.2, -0.15) is 0 Å². The van der Waals surface area contributed by atoms with E-state index in [1.165, 1.54) is 64.5 Å². The standard InChI is InChI=1S/C13H23N2P/c1-2-6-11(5-1)16-14-9-3-7-12(14)13-8-4-10-15(13)16/h11-13H,1-10H2/t12-,13-/m0/s1. The molecule has 0 unspecified atom stereocenters. The lowest BCUT2D eigenvalue weighted by atomic mass is 10.1. The zero-order chi connectivity index (χ0) is 10.5. The third-order valence-corrected chi connectivity index (χ3v) is 8.38. The molecule has 0 amide bonds. The molecule has 1 saturated carbocycles. The van der Waals surface area contributed by atoms with Gasteiger partial charge in [-0.15, -0.1) is 0 Å². The molecule has 3 saturated heterocycles. The summed E-state index contributed by atoms with van der Waals surface area (Å²) in [6, 6.07) is 1.96. The molecule has 0 bridgehead atoms. The molecule has 3 aliphatic heterocycles. The van der Waals surface area contributed by atoms with Gasteiger partial charge < -0.3 is 0 Å². The molecule has 16 heavy (non-hydrogen) atoms. The van der Waals surface area contributed by atoms with Gasteiger partial charge in [-0.1, -0.05) is 12.8 Å². The van der Waals surface area contributed by atoms with Crippen LogP contribution in [0.5, 0.6) is 0 Å². The quantitative estimate of drug-likeness (QED) is 0.647. The molecule has 0 aromatic rings. The largest absolute Gasteiger partial charge is 0.265 e. The Morgan fingerprint density at radius 1 is 0.688 bits per heavy atom. The van der Waals surface area contributed by atoms with E-state index in [1.54, 1.807) is 0 Å². The predicted octanol–water partition coefficient (Wildman–Crippen LogP) is 3.18. The molecule has 4 aliphatic rings. The van der Waals surface area contributed by atoms with Crippen LogP contribution in [0.1, 0.15) is 51.4 Å². The smallest absolute Gasteiger partial charge is 0.0433 e. The van der Waals surface area contributed by atoms with Crippen LogP contribution >= 0.6 is 8.22 Å². The summed E-state index contributed by atoms with van der Waals surface area (Å²) in [6.45, 7) is 2.86. The number of nitrogens with zero attached hydrogens (tertiary/aromatic N) is 2. The molecule has 0 aromatic heterocycles. The lowest BCUT2D eigenvalue weighted by molar-refractivity contribution is 0.341. The van der Waals surface area contributed by atoms with Crippen molar-refractivity contribution in [3.05, 3.63) is 0 Å². The van der Waals surface area contributed by atoms with Crippen molar-refractivity contribution in [3.63, 3.8) is 0 Å². The van der Waals surface area contributed by atoms with Crippen LogP contribution in [0.15, 0.2) is 0 Å². The van der Waals surface area contributed by atoms with Crippen LogP contribution in [-0.2, 0) is 0 Å². The highest BCUT2D eigenvalue weighted by Gasteiger charge is 2.53. The molecule has 0 aromatic carbocycles. The second kappa shape index (κ2) is 3.93. The van der Waals surface area contributed by atoms with Crippen LogP contribution in [0.2, 0.25) is 0 Å². The molecule has 1 aliphatic carbocycles. The topological polar surface area (TPSA) is 6.48 Å². The first kappa shape index (κ1) is 10.3. The van der Waals surface area contributed by atoms with E-state index in [4.69, 9.17) is 0 Å². The molecular weight excluding hydrogens is 215 g/mol. The minimum absolute atomic E-state index is 0.140. The lowest BCUT2D eigenvalue weighted by Crippen LogP contribution is -2.29. The van der Waals surface area contributed by atoms with Crippen LogP contribution in [0.3, 0.4) is 0 Å². The van der Waals surface area contributed by atoms with E-state index in [0.717, 1.165) is 17.7 Å². The summed E-state index contributed by atoms with van der Waals surface area (Å²) in [5.41, 5.74) is 1.08. The summed E-state index contributed by atoms with van der Waals surface area (Å²) in [6.07, 6.45) is 12.1. The predicted molar refractivity (Wildman–Crippen MR) is 68.6 cm³/mol. The van der Waals surface area contributed by atoms with E-state index in [0.29, 0.717) is 0 Å². The van der Waals surface area contributed by atoms with Crippen LogP contribution in [0.4, 0.5) is 0 Å². The van der Waals surface area contributed by atoms with E-state index >= 15 is 0 Å². The molecule has 4 fully saturated rings. The third-order valence-electron chi connectivity index (χ3n) is 5.16. The maximum Gasteiger partial charge on any atom is 0.0433 e. The fraction of sp³-hybridized carbons (Fsp3) is 1.00. The van der Waals surface area contributed by atoms with Crippen molar-refractivity contribution in [2.24, 2.45) is 0 Å². The second-order valence-electron chi connectivity index (χ2n) is 6.00. The van der Waals surface area contributed by atoms with Crippen molar-refractivity contribution >= 4 is 8.22 Å². The van der Waals surface area contributed by atoms with Crippen molar-refractivity contribution in [2.75, 3.05) is 13.1 Å². The van der Waals surface area contributed by atoms with Gasteiger partial charge in [0.15, 0.2) is 0 Å². The Bertz CT molecular complexity index is 257. The minimum atomic E-state index is 0.140. The lowest BCUT2D eigenvalue weighted by Gasteiger charge is -2.33. The van der Waals surface area contributed by atoms with Crippen molar-refractivity contribution < 1.29 is 0 Å². The Kier molecular flexibility index (Phi) is 2.53. The SMILES string of the molecule is C1CCC(P2N3CCC[C@H]3[C@@H]3CCCN32)C1. The maximum atomic E-state index is 2.97. The number of hydrogen-bond acceptors (Lipinski definition) is 2. The van der Waals surface area contributed by atoms with Crippen LogP contribution in [0.25, 0.3) is 0 Å². The van der Waals surface area contributed by atoms with Gasteiger partial charge in [-0.25, -0.2) is 0 Å². The van der Waals surface area contributed by atoms with Crippen molar-refractivity contribution in [3.8, 4) is 0 Å².